The number of benzene rings is 2. The Balaban J connectivity index is 1.67. The fourth-order valence-corrected chi connectivity index (χ4v) is 2.89. The van der Waals surface area contributed by atoms with Gasteiger partial charge in [0.05, 0.1) is 14.2 Å². The molecule has 0 bridgehead atoms. The molecule has 1 amide bonds. The first-order valence-corrected chi connectivity index (χ1v) is 9.71. The third-order valence-corrected chi connectivity index (χ3v) is 4.52. The normalized spacial score (nSPS) is 11.5. The Kier molecular flexibility index (Phi) is 7.26. The molecule has 0 radical (unpaired) electrons. The van der Waals surface area contributed by atoms with Gasteiger partial charge in [-0.05, 0) is 55.5 Å². The van der Waals surface area contributed by atoms with Crippen molar-refractivity contribution in [3.63, 3.8) is 0 Å². The molecule has 2 aromatic carbocycles. The van der Waals surface area contributed by atoms with E-state index in [1.165, 1.54) is 0 Å². The van der Waals surface area contributed by atoms with Crippen LogP contribution in [0.15, 0.2) is 65.7 Å². The van der Waals surface area contributed by atoms with Gasteiger partial charge in [-0.3, -0.25) is 4.79 Å². The van der Waals surface area contributed by atoms with Crippen LogP contribution in [0, 0.1) is 0 Å². The molecule has 0 saturated carbocycles. The highest BCUT2D eigenvalue weighted by Crippen LogP contribution is 2.21. The lowest BCUT2D eigenvalue weighted by Crippen LogP contribution is -2.40. The topological polar surface area (TPSA) is 86.9 Å². The Hall–Kier alpha value is -3.81. The number of methoxy groups -OCH3 is 2. The van der Waals surface area contributed by atoms with Crippen molar-refractivity contribution < 1.29 is 23.5 Å². The van der Waals surface area contributed by atoms with Gasteiger partial charge in [0.1, 0.15) is 23.8 Å². The molecule has 0 aliphatic carbocycles. The van der Waals surface area contributed by atoms with E-state index in [0.717, 1.165) is 11.3 Å². The van der Waals surface area contributed by atoms with Crippen molar-refractivity contribution in [2.24, 2.45) is 0 Å². The molecule has 3 rings (SSSR count). The number of amides is 1. The number of carbonyl (C=O) groups is 1. The van der Waals surface area contributed by atoms with Crippen molar-refractivity contribution in [3.8, 4) is 28.6 Å². The number of nitrogens with zero attached hydrogens (tertiary/aromatic N) is 3. The monoisotopic (exact) mass is 423 g/mol. The zero-order valence-electron chi connectivity index (χ0n) is 17.8. The summed E-state index contributed by atoms with van der Waals surface area (Å²) < 4.78 is 21.4. The van der Waals surface area contributed by atoms with Crippen molar-refractivity contribution in [1.82, 2.24) is 15.0 Å². The van der Waals surface area contributed by atoms with Crippen LogP contribution in [-0.2, 0) is 11.3 Å². The molecular formula is C23H25N3O5. The summed E-state index contributed by atoms with van der Waals surface area (Å²) in [5.41, 5.74) is 0.786. The van der Waals surface area contributed by atoms with E-state index in [4.69, 9.17) is 18.7 Å². The third kappa shape index (κ3) is 5.63. The Morgan fingerprint density at radius 3 is 2.23 bits per heavy atom. The van der Waals surface area contributed by atoms with Gasteiger partial charge in [0.25, 0.3) is 5.91 Å². The molecular weight excluding hydrogens is 398 g/mol. The van der Waals surface area contributed by atoms with Gasteiger partial charge in [0.2, 0.25) is 11.7 Å². The maximum atomic E-state index is 12.9. The smallest absolute Gasteiger partial charge is 0.264 e. The predicted molar refractivity (Wildman–Crippen MR) is 115 cm³/mol. The fraction of sp³-hybridized carbons (Fsp3) is 0.261. The van der Waals surface area contributed by atoms with Crippen LogP contribution in [0.2, 0.25) is 0 Å². The van der Waals surface area contributed by atoms with Crippen LogP contribution in [0.1, 0.15) is 12.8 Å². The van der Waals surface area contributed by atoms with Crippen LogP contribution in [0.5, 0.6) is 17.2 Å². The van der Waals surface area contributed by atoms with E-state index in [2.05, 4.69) is 16.7 Å². The first-order chi connectivity index (χ1) is 15.0. The summed E-state index contributed by atoms with van der Waals surface area (Å²) in [6.07, 6.45) is 0.927. The number of hydrogen-bond acceptors (Lipinski definition) is 7. The summed E-state index contributed by atoms with van der Waals surface area (Å²) in [7, 11) is 3.19. The van der Waals surface area contributed by atoms with Crippen LogP contribution < -0.4 is 14.2 Å². The molecule has 0 spiro atoms. The van der Waals surface area contributed by atoms with E-state index >= 15 is 0 Å². The number of carbonyl (C=O) groups excluding carboxylic acids is 1. The second kappa shape index (κ2) is 10.3. The first kappa shape index (κ1) is 21.9. The minimum absolute atomic E-state index is 0.143. The third-order valence-electron chi connectivity index (χ3n) is 4.52. The molecule has 1 heterocycles. The lowest BCUT2D eigenvalue weighted by Gasteiger charge is -2.23. The zero-order valence-corrected chi connectivity index (χ0v) is 17.8. The molecule has 3 aromatic rings. The molecule has 0 saturated heterocycles. The molecule has 0 N–H and O–H groups in total. The van der Waals surface area contributed by atoms with Crippen LogP contribution in [0.25, 0.3) is 11.4 Å². The van der Waals surface area contributed by atoms with Crippen LogP contribution in [0.3, 0.4) is 0 Å². The second-order valence-electron chi connectivity index (χ2n) is 6.68. The standard InChI is InChI=1S/C23H25N3O5/c1-5-14-26(23(27)16(2)30-20-12-10-19(29-4)11-13-20)15-21-24-22(25-31-21)17-6-8-18(28-3)9-7-17/h5-13,16H,1,14-15H2,2-4H3/t16-/m0/s1. The molecule has 0 unspecified atom stereocenters. The summed E-state index contributed by atoms with van der Waals surface area (Å²) in [6, 6.07) is 14.4. The van der Waals surface area contributed by atoms with Gasteiger partial charge >= 0.3 is 0 Å². The van der Waals surface area contributed by atoms with Crippen molar-refractivity contribution in [1.29, 1.82) is 0 Å². The van der Waals surface area contributed by atoms with Gasteiger partial charge < -0.3 is 23.6 Å². The SMILES string of the molecule is C=CCN(Cc1nc(-c2ccc(OC)cc2)no1)C(=O)[C@H](C)Oc1ccc(OC)cc1. The molecule has 0 fully saturated rings. The van der Waals surface area contributed by atoms with Crippen LogP contribution in [-0.4, -0.2) is 47.8 Å². The lowest BCUT2D eigenvalue weighted by molar-refractivity contribution is -0.138. The van der Waals surface area contributed by atoms with E-state index < -0.39 is 6.10 Å². The number of aromatic nitrogens is 2. The average Bonchev–Trinajstić information content (AvgIpc) is 3.27. The molecule has 162 valence electrons. The Morgan fingerprint density at radius 1 is 1.06 bits per heavy atom. The number of ether oxygens (including phenoxy) is 3. The summed E-state index contributed by atoms with van der Waals surface area (Å²) >= 11 is 0. The number of hydrogen-bond donors (Lipinski definition) is 0. The minimum atomic E-state index is -0.711. The number of rotatable bonds is 10. The van der Waals surface area contributed by atoms with E-state index in [-0.39, 0.29) is 12.5 Å². The highest BCUT2D eigenvalue weighted by molar-refractivity contribution is 5.81. The second-order valence-corrected chi connectivity index (χ2v) is 6.68. The van der Waals surface area contributed by atoms with Crippen molar-refractivity contribution in [2.45, 2.75) is 19.6 Å². The fourth-order valence-electron chi connectivity index (χ4n) is 2.89. The molecule has 1 aromatic heterocycles. The van der Waals surface area contributed by atoms with Gasteiger partial charge in [-0.2, -0.15) is 4.98 Å². The summed E-state index contributed by atoms with van der Waals surface area (Å²) in [5.74, 6) is 2.55. The van der Waals surface area contributed by atoms with E-state index in [9.17, 15) is 4.79 Å². The van der Waals surface area contributed by atoms with E-state index in [0.29, 0.717) is 29.8 Å². The van der Waals surface area contributed by atoms with Crippen LogP contribution in [0.4, 0.5) is 0 Å². The molecule has 31 heavy (non-hydrogen) atoms. The molecule has 8 nitrogen and oxygen atoms in total. The largest absolute Gasteiger partial charge is 0.497 e. The summed E-state index contributed by atoms with van der Waals surface area (Å²) in [4.78, 5) is 18.9. The highest BCUT2D eigenvalue weighted by Gasteiger charge is 2.24. The minimum Gasteiger partial charge on any atom is -0.497 e. The van der Waals surface area contributed by atoms with Crippen molar-refractivity contribution >= 4 is 5.91 Å². The van der Waals surface area contributed by atoms with Gasteiger partial charge in [-0.15, -0.1) is 6.58 Å². The van der Waals surface area contributed by atoms with Gasteiger partial charge in [-0.25, -0.2) is 0 Å². The quantitative estimate of drug-likeness (QED) is 0.459. The molecule has 1 atom stereocenters. The Morgan fingerprint density at radius 2 is 1.65 bits per heavy atom. The Bertz CT molecular complexity index is 999. The first-order valence-electron chi connectivity index (χ1n) is 9.71. The molecule has 0 aliphatic rings. The van der Waals surface area contributed by atoms with E-state index in [1.54, 1.807) is 56.4 Å². The zero-order chi connectivity index (χ0) is 22.2. The van der Waals surface area contributed by atoms with Gasteiger partial charge in [0.15, 0.2) is 6.10 Å². The maximum absolute atomic E-state index is 12.9. The molecule has 8 heteroatoms. The van der Waals surface area contributed by atoms with Gasteiger partial charge in [-0.1, -0.05) is 11.2 Å². The van der Waals surface area contributed by atoms with Crippen molar-refractivity contribution in [3.05, 3.63) is 67.1 Å². The van der Waals surface area contributed by atoms with Crippen molar-refractivity contribution in [2.75, 3.05) is 20.8 Å². The average molecular weight is 423 g/mol. The predicted octanol–water partition coefficient (Wildman–Crippen LogP) is 3.74. The highest BCUT2D eigenvalue weighted by atomic mass is 16.5. The Labute approximate surface area is 181 Å². The summed E-state index contributed by atoms with van der Waals surface area (Å²) in [6.45, 7) is 5.88. The van der Waals surface area contributed by atoms with Crippen LogP contribution >= 0.6 is 0 Å². The maximum Gasteiger partial charge on any atom is 0.264 e. The van der Waals surface area contributed by atoms with Gasteiger partial charge in [0, 0.05) is 12.1 Å². The van der Waals surface area contributed by atoms with E-state index in [1.807, 2.05) is 24.3 Å². The lowest BCUT2D eigenvalue weighted by atomic mass is 10.2. The molecule has 0 aliphatic heterocycles. The summed E-state index contributed by atoms with van der Waals surface area (Å²) in [5, 5.41) is 4.01.